The molecule has 1 atom stereocenters. The molecule has 0 bridgehead atoms. The first kappa shape index (κ1) is 22.7. The fourth-order valence-electron chi connectivity index (χ4n) is 4.90. The van der Waals surface area contributed by atoms with Crippen LogP contribution in [0.3, 0.4) is 0 Å². The molecular weight excluding hydrogens is 412 g/mol. The molecular formula is C22H34N6O4. The van der Waals surface area contributed by atoms with Crippen molar-refractivity contribution in [3.8, 4) is 0 Å². The predicted octanol–water partition coefficient (Wildman–Crippen LogP) is 0.238. The first-order chi connectivity index (χ1) is 15.4. The van der Waals surface area contributed by atoms with Crippen LogP contribution < -0.4 is 10.6 Å². The number of hydrogen-bond acceptors (Lipinski definition) is 6. The van der Waals surface area contributed by atoms with Gasteiger partial charge in [0, 0.05) is 44.8 Å². The van der Waals surface area contributed by atoms with Crippen molar-refractivity contribution in [1.29, 1.82) is 0 Å². The summed E-state index contributed by atoms with van der Waals surface area (Å²) in [4.78, 5) is 42.9. The number of fused-ring (bicyclic) bond motifs is 1. The van der Waals surface area contributed by atoms with E-state index in [0.717, 1.165) is 45.3 Å². The summed E-state index contributed by atoms with van der Waals surface area (Å²) in [6, 6.07) is 1.70. The number of morpholine rings is 1. The molecule has 4 rings (SSSR count). The highest BCUT2D eigenvalue weighted by Crippen LogP contribution is 2.28. The van der Waals surface area contributed by atoms with Crippen molar-refractivity contribution in [2.75, 3.05) is 45.9 Å². The number of hydrogen-bond donors (Lipinski definition) is 2. The van der Waals surface area contributed by atoms with Crippen molar-refractivity contribution < 1.29 is 19.1 Å². The van der Waals surface area contributed by atoms with Gasteiger partial charge < -0.3 is 20.3 Å². The Morgan fingerprint density at radius 3 is 2.66 bits per heavy atom. The van der Waals surface area contributed by atoms with E-state index in [4.69, 9.17) is 4.74 Å². The number of likely N-dealkylation sites (N-methyl/N-ethyl adjacent to an activating group) is 1. The molecule has 10 heteroatoms. The minimum absolute atomic E-state index is 0.155. The zero-order valence-electron chi connectivity index (χ0n) is 19.1. The van der Waals surface area contributed by atoms with Crippen LogP contribution in [0.15, 0.2) is 6.07 Å². The van der Waals surface area contributed by atoms with E-state index in [1.807, 2.05) is 6.92 Å². The second-order valence-electron chi connectivity index (χ2n) is 9.06. The van der Waals surface area contributed by atoms with Gasteiger partial charge in [-0.1, -0.05) is 12.8 Å². The molecule has 1 aliphatic carbocycles. The van der Waals surface area contributed by atoms with E-state index in [0.29, 0.717) is 32.0 Å². The fraction of sp³-hybridized carbons (Fsp3) is 0.727. The molecule has 0 radical (unpaired) electrons. The Kier molecular flexibility index (Phi) is 6.80. The SMILES string of the molecule is CCN1C(=O)c2cc(C(=O)NCCN3CCOCC3)nn2C[C@]1(C)C(=O)NC1CCCC1. The lowest BCUT2D eigenvalue weighted by atomic mass is 9.94. The molecule has 1 aromatic rings. The maximum atomic E-state index is 13.2. The number of ether oxygens (including phenoxy) is 1. The number of nitrogens with zero attached hydrogens (tertiary/aromatic N) is 4. The highest BCUT2D eigenvalue weighted by Gasteiger charge is 2.48. The van der Waals surface area contributed by atoms with Crippen LogP contribution in [-0.2, 0) is 16.1 Å². The van der Waals surface area contributed by atoms with E-state index >= 15 is 0 Å². The Hall–Kier alpha value is -2.46. The van der Waals surface area contributed by atoms with Crippen molar-refractivity contribution in [1.82, 2.24) is 30.2 Å². The van der Waals surface area contributed by atoms with E-state index in [-0.39, 0.29) is 36.0 Å². The summed E-state index contributed by atoms with van der Waals surface area (Å²) in [5, 5.41) is 10.4. The van der Waals surface area contributed by atoms with Crippen LogP contribution >= 0.6 is 0 Å². The molecule has 2 N–H and O–H groups in total. The van der Waals surface area contributed by atoms with E-state index < -0.39 is 5.54 Å². The maximum absolute atomic E-state index is 13.2. The average Bonchev–Trinajstić information content (AvgIpc) is 3.44. The fourth-order valence-corrected chi connectivity index (χ4v) is 4.90. The molecule has 3 amide bonds. The van der Waals surface area contributed by atoms with Gasteiger partial charge in [-0.15, -0.1) is 0 Å². The summed E-state index contributed by atoms with van der Waals surface area (Å²) < 4.78 is 6.85. The van der Waals surface area contributed by atoms with E-state index in [2.05, 4.69) is 20.6 Å². The topological polar surface area (TPSA) is 109 Å². The van der Waals surface area contributed by atoms with Gasteiger partial charge in [0.15, 0.2) is 5.69 Å². The number of carbonyl (C=O) groups excluding carboxylic acids is 3. The summed E-state index contributed by atoms with van der Waals surface area (Å²) in [5.74, 6) is -0.743. The van der Waals surface area contributed by atoms with Crippen molar-refractivity contribution in [2.45, 2.75) is 57.7 Å². The summed E-state index contributed by atoms with van der Waals surface area (Å²) in [6.07, 6.45) is 4.18. The molecule has 0 aromatic carbocycles. The number of aromatic nitrogens is 2. The number of carbonyl (C=O) groups is 3. The van der Waals surface area contributed by atoms with E-state index in [9.17, 15) is 14.4 Å². The van der Waals surface area contributed by atoms with Gasteiger partial charge >= 0.3 is 0 Å². The molecule has 1 aromatic heterocycles. The first-order valence-corrected chi connectivity index (χ1v) is 11.7. The van der Waals surface area contributed by atoms with Gasteiger partial charge in [-0.25, -0.2) is 0 Å². The third-order valence-corrected chi connectivity index (χ3v) is 6.84. The van der Waals surface area contributed by atoms with Crippen molar-refractivity contribution in [3.63, 3.8) is 0 Å². The van der Waals surface area contributed by atoms with Crippen LogP contribution in [0, 0.1) is 0 Å². The molecule has 176 valence electrons. The summed E-state index contributed by atoms with van der Waals surface area (Å²) in [5.41, 5.74) is -0.500. The standard InChI is InChI=1S/C22H34N6O4/c1-3-27-20(30)18-14-17(19(29)23-8-9-26-10-12-32-13-11-26)25-28(18)15-22(27,2)21(31)24-16-6-4-5-7-16/h14,16H,3-13,15H2,1-2H3,(H,23,29)(H,24,31)/t22-/m1/s1. The van der Waals surface area contributed by atoms with Gasteiger partial charge in [-0.05, 0) is 26.7 Å². The number of rotatable bonds is 7. The smallest absolute Gasteiger partial charge is 0.273 e. The highest BCUT2D eigenvalue weighted by atomic mass is 16.5. The molecule has 1 saturated carbocycles. The molecule has 3 heterocycles. The second kappa shape index (κ2) is 9.58. The molecule has 3 aliphatic rings. The largest absolute Gasteiger partial charge is 0.379 e. The molecule has 1 saturated heterocycles. The van der Waals surface area contributed by atoms with Gasteiger partial charge in [0.1, 0.15) is 11.2 Å². The summed E-state index contributed by atoms with van der Waals surface area (Å²) in [6.45, 7) is 8.66. The van der Waals surface area contributed by atoms with Crippen LogP contribution in [0.4, 0.5) is 0 Å². The third kappa shape index (κ3) is 4.52. The molecule has 0 spiro atoms. The number of nitrogens with one attached hydrogen (secondary N) is 2. The van der Waals surface area contributed by atoms with Gasteiger partial charge in [0.05, 0.1) is 19.8 Å². The molecule has 10 nitrogen and oxygen atoms in total. The Bertz CT molecular complexity index is 859. The lowest BCUT2D eigenvalue weighted by Gasteiger charge is -2.43. The van der Waals surface area contributed by atoms with Gasteiger partial charge in [0.2, 0.25) is 5.91 Å². The molecule has 2 fully saturated rings. The van der Waals surface area contributed by atoms with Gasteiger partial charge in [-0.2, -0.15) is 5.10 Å². The summed E-state index contributed by atoms with van der Waals surface area (Å²) in [7, 11) is 0. The Labute approximate surface area is 188 Å². The number of amides is 3. The predicted molar refractivity (Wildman–Crippen MR) is 117 cm³/mol. The Balaban J connectivity index is 1.43. The molecule has 32 heavy (non-hydrogen) atoms. The van der Waals surface area contributed by atoms with Gasteiger partial charge in [-0.3, -0.25) is 24.0 Å². The van der Waals surface area contributed by atoms with Crippen LogP contribution in [0.2, 0.25) is 0 Å². The van der Waals surface area contributed by atoms with Crippen LogP contribution in [-0.4, -0.2) is 94.8 Å². The second-order valence-corrected chi connectivity index (χ2v) is 9.06. The average molecular weight is 447 g/mol. The zero-order valence-corrected chi connectivity index (χ0v) is 19.1. The van der Waals surface area contributed by atoms with E-state index in [1.54, 1.807) is 11.8 Å². The van der Waals surface area contributed by atoms with Crippen LogP contribution in [0.25, 0.3) is 0 Å². The Morgan fingerprint density at radius 1 is 1.25 bits per heavy atom. The summed E-state index contributed by atoms with van der Waals surface area (Å²) >= 11 is 0. The molecule has 0 unspecified atom stereocenters. The van der Waals surface area contributed by atoms with Crippen molar-refractivity contribution >= 4 is 17.7 Å². The van der Waals surface area contributed by atoms with Crippen LogP contribution in [0.5, 0.6) is 0 Å². The minimum atomic E-state index is -1.04. The van der Waals surface area contributed by atoms with Crippen LogP contribution in [0.1, 0.15) is 60.5 Å². The van der Waals surface area contributed by atoms with E-state index in [1.165, 1.54) is 10.7 Å². The highest BCUT2D eigenvalue weighted by molar-refractivity contribution is 6.01. The van der Waals surface area contributed by atoms with Crippen molar-refractivity contribution in [3.05, 3.63) is 17.5 Å². The Morgan fingerprint density at radius 2 is 1.97 bits per heavy atom. The maximum Gasteiger partial charge on any atom is 0.273 e. The third-order valence-electron chi connectivity index (χ3n) is 6.84. The lowest BCUT2D eigenvalue weighted by molar-refractivity contribution is -0.133. The first-order valence-electron chi connectivity index (χ1n) is 11.7. The zero-order chi connectivity index (χ0) is 22.7. The monoisotopic (exact) mass is 446 g/mol. The quantitative estimate of drug-likeness (QED) is 0.621. The van der Waals surface area contributed by atoms with Gasteiger partial charge in [0.25, 0.3) is 11.8 Å². The molecule has 2 aliphatic heterocycles. The lowest BCUT2D eigenvalue weighted by Crippen LogP contribution is -2.64. The minimum Gasteiger partial charge on any atom is -0.379 e. The van der Waals surface area contributed by atoms with Crippen molar-refractivity contribution in [2.24, 2.45) is 0 Å². The normalized spacial score (nSPS) is 24.4.